The summed E-state index contributed by atoms with van der Waals surface area (Å²) in [6.07, 6.45) is -0.560. The summed E-state index contributed by atoms with van der Waals surface area (Å²) in [6, 6.07) is 17.8. The normalized spacial score (nSPS) is 11.3. The van der Waals surface area contributed by atoms with Gasteiger partial charge in [-0.15, -0.1) is 0 Å². The third kappa shape index (κ3) is 7.26. The van der Waals surface area contributed by atoms with Crippen LogP contribution in [0.3, 0.4) is 0 Å². The van der Waals surface area contributed by atoms with Crippen molar-refractivity contribution in [2.24, 2.45) is 11.8 Å². The second-order valence-corrected chi connectivity index (χ2v) is 6.57. The van der Waals surface area contributed by atoms with Crippen molar-refractivity contribution in [1.29, 1.82) is 0 Å². The van der Waals surface area contributed by atoms with Gasteiger partial charge in [-0.3, -0.25) is 19.2 Å². The van der Waals surface area contributed by atoms with E-state index in [0.717, 1.165) is 19.8 Å². The van der Waals surface area contributed by atoms with Crippen LogP contribution in [0.2, 0.25) is 0 Å². The number of esters is 4. The van der Waals surface area contributed by atoms with E-state index in [1.54, 1.807) is 54.6 Å². The molecule has 0 N–H and O–H groups in total. The van der Waals surface area contributed by atoms with Gasteiger partial charge in [0, 0.05) is 0 Å². The molecule has 0 heterocycles. The Morgan fingerprint density at radius 3 is 1.58 bits per heavy atom. The van der Waals surface area contributed by atoms with E-state index in [-0.39, 0.29) is 13.2 Å². The predicted molar refractivity (Wildman–Crippen MR) is 108 cm³/mol. The minimum atomic E-state index is -1.66. The lowest BCUT2D eigenvalue weighted by Gasteiger charge is -2.21. The van der Waals surface area contributed by atoms with E-state index < -0.39 is 42.1 Å². The third-order valence-corrected chi connectivity index (χ3v) is 4.47. The first-order valence-electron chi connectivity index (χ1n) is 9.52. The molecule has 2 aromatic carbocycles. The zero-order valence-corrected chi connectivity index (χ0v) is 17.3. The standard InChI is InChI=1S/C23H24O8/c1-28-22(26)20(23(27)29-2)18(21(25)31-15-17-11-7-4-8-12-17)13-19(24)30-14-16-9-5-3-6-10-16/h3-12,18,20H,13-15H2,1-2H3. The van der Waals surface area contributed by atoms with Gasteiger partial charge in [-0.2, -0.15) is 0 Å². The van der Waals surface area contributed by atoms with Gasteiger partial charge in [-0.05, 0) is 11.1 Å². The van der Waals surface area contributed by atoms with E-state index in [9.17, 15) is 19.2 Å². The SMILES string of the molecule is COC(=O)C(C(=O)OC)C(CC(=O)OCc1ccccc1)C(=O)OCc1ccccc1. The fourth-order valence-electron chi connectivity index (χ4n) is 2.83. The first kappa shape index (κ1) is 23.6. The van der Waals surface area contributed by atoms with E-state index in [1.807, 2.05) is 6.07 Å². The maximum atomic E-state index is 12.8. The molecule has 1 atom stereocenters. The van der Waals surface area contributed by atoms with Gasteiger partial charge >= 0.3 is 23.9 Å². The summed E-state index contributed by atoms with van der Waals surface area (Å²) in [5.74, 6) is -6.84. The highest BCUT2D eigenvalue weighted by Crippen LogP contribution is 2.23. The van der Waals surface area contributed by atoms with E-state index in [0.29, 0.717) is 5.56 Å². The smallest absolute Gasteiger partial charge is 0.320 e. The molecule has 2 aromatic rings. The molecule has 0 bridgehead atoms. The van der Waals surface area contributed by atoms with Crippen molar-refractivity contribution in [3.63, 3.8) is 0 Å². The number of hydrogen-bond donors (Lipinski definition) is 0. The summed E-state index contributed by atoms with van der Waals surface area (Å²) in [6.45, 7) is -0.114. The lowest BCUT2D eigenvalue weighted by molar-refractivity contribution is -0.172. The molecule has 0 saturated heterocycles. The summed E-state index contributed by atoms with van der Waals surface area (Å²) in [5, 5.41) is 0. The number of benzene rings is 2. The summed E-state index contributed by atoms with van der Waals surface area (Å²) in [5.41, 5.74) is 1.45. The zero-order chi connectivity index (χ0) is 22.6. The Balaban J connectivity index is 2.14. The molecule has 164 valence electrons. The Bertz CT molecular complexity index is 863. The van der Waals surface area contributed by atoms with Gasteiger partial charge in [0.1, 0.15) is 13.2 Å². The highest BCUT2D eigenvalue weighted by atomic mass is 16.6. The number of carbonyl (C=O) groups is 4. The van der Waals surface area contributed by atoms with Crippen molar-refractivity contribution in [3.05, 3.63) is 71.8 Å². The summed E-state index contributed by atoms with van der Waals surface area (Å²) in [4.78, 5) is 49.6. The van der Waals surface area contributed by atoms with Crippen LogP contribution in [0.5, 0.6) is 0 Å². The maximum absolute atomic E-state index is 12.8. The van der Waals surface area contributed by atoms with Crippen LogP contribution in [0, 0.1) is 11.8 Å². The molecule has 0 spiro atoms. The van der Waals surface area contributed by atoms with Crippen LogP contribution in [-0.4, -0.2) is 38.1 Å². The molecule has 0 aliphatic carbocycles. The molecule has 0 aliphatic heterocycles. The van der Waals surface area contributed by atoms with Crippen molar-refractivity contribution in [2.45, 2.75) is 19.6 Å². The molecule has 2 rings (SSSR count). The Morgan fingerprint density at radius 2 is 1.13 bits per heavy atom. The van der Waals surface area contributed by atoms with Crippen LogP contribution in [-0.2, 0) is 51.3 Å². The van der Waals surface area contributed by atoms with Gasteiger partial charge in [-0.25, -0.2) is 0 Å². The predicted octanol–water partition coefficient (Wildman–Crippen LogP) is 2.44. The Labute approximate surface area is 180 Å². The average molecular weight is 428 g/mol. The van der Waals surface area contributed by atoms with Crippen molar-refractivity contribution in [2.75, 3.05) is 14.2 Å². The van der Waals surface area contributed by atoms with Gasteiger partial charge in [0.25, 0.3) is 0 Å². The van der Waals surface area contributed by atoms with Gasteiger partial charge < -0.3 is 18.9 Å². The topological polar surface area (TPSA) is 105 Å². The molecule has 8 heteroatoms. The molecule has 31 heavy (non-hydrogen) atoms. The average Bonchev–Trinajstić information content (AvgIpc) is 2.81. The second kappa shape index (κ2) is 12.1. The highest BCUT2D eigenvalue weighted by molar-refractivity contribution is 6.00. The fourth-order valence-corrected chi connectivity index (χ4v) is 2.83. The first-order valence-corrected chi connectivity index (χ1v) is 9.52. The lowest BCUT2D eigenvalue weighted by atomic mass is 9.89. The molecule has 1 unspecified atom stereocenters. The van der Waals surface area contributed by atoms with E-state index >= 15 is 0 Å². The quantitative estimate of drug-likeness (QED) is 0.323. The van der Waals surface area contributed by atoms with E-state index in [2.05, 4.69) is 9.47 Å². The monoisotopic (exact) mass is 428 g/mol. The molecular formula is C23H24O8. The van der Waals surface area contributed by atoms with E-state index in [1.165, 1.54) is 0 Å². The van der Waals surface area contributed by atoms with E-state index in [4.69, 9.17) is 9.47 Å². The van der Waals surface area contributed by atoms with Gasteiger partial charge in [0.15, 0.2) is 5.92 Å². The van der Waals surface area contributed by atoms with Crippen LogP contribution in [0.4, 0.5) is 0 Å². The van der Waals surface area contributed by atoms with Crippen molar-refractivity contribution >= 4 is 23.9 Å². The lowest BCUT2D eigenvalue weighted by Crippen LogP contribution is -2.39. The fraction of sp³-hybridized carbons (Fsp3) is 0.304. The molecule has 0 saturated carbocycles. The van der Waals surface area contributed by atoms with Gasteiger partial charge in [0.05, 0.1) is 26.6 Å². The number of rotatable bonds is 10. The van der Waals surface area contributed by atoms with Crippen molar-refractivity contribution in [1.82, 2.24) is 0 Å². The highest BCUT2D eigenvalue weighted by Gasteiger charge is 2.43. The molecule has 0 aromatic heterocycles. The Kier molecular flexibility index (Phi) is 9.22. The third-order valence-electron chi connectivity index (χ3n) is 4.47. The van der Waals surface area contributed by atoms with Crippen LogP contribution in [0.15, 0.2) is 60.7 Å². The number of hydrogen-bond acceptors (Lipinski definition) is 8. The number of ether oxygens (including phenoxy) is 4. The summed E-state index contributed by atoms with van der Waals surface area (Å²) < 4.78 is 19.7. The largest absolute Gasteiger partial charge is 0.468 e. The second-order valence-electron chi connectivity index (χ2n) is 6.57. The molecule has 0 radical (unpaired) electrons. The molecule has 0 amide bonds. The van der Waals surface area contributed by atoms with Crippen LogP contribution < -0.4 is 0 Å². The minimum absolute atomic E-state index is 0.0213. The van der Waals surface area contributed by atoms with Gasteiger partial charge in [0.2, 0.25) is 0 Å². The van der Waals surface area contributed by atoms with Crippen molar-refractivity contribution in [3.8, 4) is 0 Å². The molecule has 0 fully saturated rings. The molecular weight excluding hydrogens is 404 g/mol. The van der Waals surface area contributed by atoms with Crippen LogP contribution in [0.25, 0.3) is 0 Å². The summed E-state index contributed by atoms with van der Waals surface area (Å²) in [7, 11) is 2.14. The van der Waals surface area contributed by atoms with Crippen LogP contribution in [0.1, 0.15) is 17.5 Å². The minimum Gasteiger partial charge on any atom is -0.468 e. The molecule has 0 aliphatic rings. The Hall–Kier alpha value is -3.68. The number of carbonyl (C=O) groups excluding carboxylic acids is 4. The zero-order valence-electron chi connectivity index (χ0n) is 17.3. The maximum Gasteiger partial charge on any atom is 0.320 e. The first-order chi connectivity index (χ1) is 15.0. The van der Waals surface area contributed by atoms with Crippen LogP contribution >= 0.6 is 0 Å². The molecule has 8 nitrogen and oxygen atoms in total. The van der Waals surface area contributed by atoms with Gasteiger partial charge in [-0.1, -0.05) is 60.7 Å². The Morgan fingerprint density at radius 1 is 0.677 bits per heavy atom. The number of methoxy groups -OCH3 is 2. The summed E-state index contributed by atoms with van der Waals surface area (Å²) >= 11 is 0. The van der Waals surface area contributed by atoms with Crippen molar-refractivity contribution < 1.29 is 38.1 Å².